The fraction of sp³-hybridized carbons (Fsp3) is 0.304. The highest BCUT2D eigenvalue weighted by Gasteiger charge is 2.43. The van der Waals surface area contributed by atoms with Gasteiger partial charge in [0.15, 0.2) is 5.11 Å². The third-order valence-corrected chi connectivity index (χ3v) is 5.28. The molecular weight excluding hydrogens is 428 g/mol. The minimum Gasteiger partial charge on any atom is -0.494 e. The molecule has 168 valence electrons. The fourth-order valence-electron chi connectivity index (χ4n) is 3.25. The first kappa shape index (κ1) is 23.2. The third kappa shape index (κ3) is 5.42. The van der Waals surface area contributed by atoms with Crippen molar-refractivity contribution in [1.29, 1.82) is 0 Å². The molecule has 0 bridgehead atoms. The number of carbonyl (C=O) groups excluding carboxylic acids is 3. The standard InChI is InChI=1S/C23H26N4O4S/c1-3-14-31-18-12-10-17(11-13-18)24-20(28)15-19-22(30)26(4-2)23(32)27(19)25-21(29)16-8-6-5-7-9-16/h5-13,19H,3-4,14-15H2,1-2H3,(H,24,28)(H,25,29). The van der Waals surface area contributed by atoms with Crippen molar-refractivity contribution < 1.29 is 19.1 Å². The number of likely N-dealkylation sites (N-methyl/N-ethyl adjacent to an activating group) is 1. The van der Waals surface area contributed by atoms with Gasteiger partial charge in [-0.05, 0) is 62.0 Å². The fourth-order valence-corrected chi connectivity index (χ4v) is 3.64. The van der Waals surface area contributed by atoms with Crippen molar-refractivity contribution in [2.24, 2.45) is 0 Å². The van der Waals surface area contributed by atoms with E-state index in [0.717, 1.165) is 12.2 Å². The van der Waals surface area contributed by atoms with Crippen molar-refractivity contribution in [1.82, 2.24) is 15.3 Å². The van der Waals surface area contributed by atoms with Crippen molar-refractivity contribution >= 4 is 40.7 Å². The predicted octanol–water partition coefficient (Wildman–Crippen LogP) is 2.97. The molecule has 1 aliphatic heterocycles. The number of nitrogens with one attached hydrogen (secondary N) is 2. The highest BCUT2D eigenvalue weighted by atomic mass is 32.1. The van der Waals surface area contributed by atoms with Crippen molar-refractivity contribution in [2.45, 2.75) is 32.7 Å². The topological polar surface area (TPSA) is 91.0 Å². The molecule has 8 nitrogen and oxygen atoms in total. The van der Waals surface area contributed by atoms with Gasteiger partial charge in [-0.3, -0.25) is 24.7 Å². The van der Waals surface area contributed by atoms with Crippen LogP contribution in [-0.2, 0) is 9.59 Å². The summed E-state index contributed by atoms with van der Waals surface area (Å²) >= 11 is 5.39. The summed E-state index contributed by atoms with van der Waals surface area (Å²) in [6.45, 7) is 4.77. The van der Waals surface area contributed by atoms with Crippen LogP contribution in [-0.4, -0.2) is 51.9 Å². The van der Waals surface area contributed by atoms with E-state index in [1.165, 1.54) is 9.91 Å². The van der Waals surface area contributed by atoms with Crippen molar-refractivity contribution in [3.63, 3.8) is 0 Å². The van der Waals surface area contributed by atoms with Crippen LogP contribution in [0.15, 0.2) is 54.6 Å². The summed E-state index contributed by atoms with van der Waals surface area (Å²) in [5.74, 6) is -0.393. The van der Waals surface area contributed by atoms with Crippen LogP contribution >= 0.6 is 12.2 Å². The maximum atomic E-state index is 12.9. The number of hydrazine groups is 1. The zero-order valence-electron chi connectivity index (χ0n) is 18.0. The lowest BCUT2D eigenvalue weighted by Gasteiger charge is -2.24. The number of thiocarbonyl (C=S) groups is 1. The summed E-state index contributed by atoms with van der Waals surface area (Å²) in [4.78, 5) is 39.5. The molecule has 3 amide bonds. The normalized spacial score (nSPS) is 15.6. The highest BCUT2D eigenvalue weighted by molar-refractivity contribution is 7.80. The van der Waals surface area contributed by atoms with Crippen LogP contribution in [0.4, 0.5) is 5.69 Å². The average molecular weight is 455 g/mol. The van der Waals surface area contributed by atoms with E-state index in [9.17, 15) is 14.4 Å². The van der Waals surface area contributed by atoms with Gasteiger partial charge in [0.1, 0.15) is 11.8 Å². The molecule has 0 saturated carbocycles. The van der Waals surface area contributed by atoms with Gasteiger partial charge in [0.2, 0.25) is 5.91 Å². The molecule has 1 heterocycles. The Bertz CT molecular complexity index is 981. The molecule has 1 saturated heterocycles. The predicted molar refractivity (Wildman–Crippen MR) is 125 cm³/mol. The SMILES string of the molecule is CCCOc1ccc(NC(=O)CC2C(=O)N(CC)C(=S)N2NC(=O)c2ccccc2)cc1. The Balaban J connectivity index is 1.68. The minimum absolute atomic E-state index is 0.164. The first-order valence-corrected chi connectivity index (χ1v) is 10.9. The molecule has 0 spiro atoms. The molecule has 0 radical (unpaired) electrons. The van der Waals surface area contributed by atoms with E-state index in [-0.39, 0.29) is 23.3 Å². The Morgan fingerprint density at radius 2 is 1.75 bits per heavy atom. The van der Waals surface area contributed by atoms with Crippen LogP contribution in [0, 0.1) is 0 Å². The van der Waals surface area contributed by atoms with Gasteiger partial charge in [-0.1, -0.05) is 25.1 Å². The van der Waals surface area contributed by atoms with E-state index >= 15 is 0 Å². The van der Waals surface area contributed by atoms with E-state index in [2.05, 4.69) is 10.7 Å². The van der Waals surface area contributed by atoms with E-state index in [1.807, 2.05) is 6.92 Å². The summed E-state index contributed by atoms with van der Waals surface area (Å²) in [6.07, 6.45) is 0.737. The third-order valence-electron chi connectivity index (χ3n) is 4.86. The molecule has 9 heteroatoms. The lowest BCUT2D eigenvalue weighted by atomic mass is 10.1. The summed E-state index contributed by atoms with van der Waals surface area (Å²) in [6, 6.07) is 14.7. The smallest absolute Gasteiger partial charge is 0.269 e. The largest absolute Gasteiger partial charge is 0.494 e. The zero-order chi connectivity index (χ0) is 23.1. The van der Waals surface area contributed by atoms with Gasteiger partial charge >= 0.3 is 0 Å². The van der Waals surface area contributed by atoms with Crippen LogP contribution in [0.3, 0.4) is 0 Å². The van der Waals surface area contributed by atoms with E-state index < -0.39 is 11.9 Å². The van der Waals surface area contributed by atoms with Gasteiger partial charge in [0.05, 0.1) is 13.0 Å². The average Bonchev–Trinajstić information content (AvgIpc) is 3.02. The molecule has 1 unspecified atom stereocenters. The second-order valence-corrected chi connectivity index (χ2v) is 7.55. The van der Waals surface area contributed by atoms with Crippen LogP contribution in [0.25, 0.3) is 0 Å². The maximum absolute atomic E-state index is 12.9. The van der Waals surface area contributed by atoms with Crippen molar-refractivity contribution in [3.8, 4) is 5.75 Å². The number of nitrogens with zero attached hydrogens (tertiary/aromatic N) is 2. The Morgan fingerprint density at radius 1 is 1.06 bits per heavy atom. The second-order valence-electron chi connectivity index (χ2n) is 7.18. The molecule has 3 rings (SSSR count). The number of anilines is 1. The highest BCUT2D eigenvalue weighted by Crippen LogP contribution is 2.21. The molecule has 2 aromatic rings. The van der Waals surface area contributed by atoms with Crippen LogP contribution < -0.4 is 15.5 Å². The molecule has 2 N–H and O–H groups in total. The first-order chi connectivity index (χ1) is 15.4. The Kier molecular flexibility index (Phi) is 7.77. The van der Waals surface area contributed by atoms with E-state index in [4.69, 9.17) is 17.0 Å². The Morgan fingerprint density at radius 3 is 2.38 bits per heavy atom. The number of rotatable bonds is 9. The quantitative estimate of drug-likeness (QED) is 0.566. The van der Waals surface area contributed by atoms with Gasteiger partial charge in [-0.2, -0.15) is 0 Å². The number of carbonyl (C=O) groups is 3. The van der Waals surface area contributed by atoms with Crippen LogP contribution in [0.5, 0.6) is 5.75 Å². The van der Waals surface area contributed by atoms with E-state index in [1.54, 1.807) is 61.5 Å². The number of amides is 3. The van der Waals surface area contributed by atoms with Gasteiger partial charge in [-0.15, -0.1) is 0 Å². The van der Waals surface area contributed by atoms with Gasteiger partial charge in [0, 0.05) is 17.8 Å². The lowest BCUT2D eigenvalue weighted by molar-refractivity contribution is -0.130. The lowest BCUT2D eigenvalue weighted by Crippen LogP contribution is -2.49. The molecular formula is C23H26N4O4S. The molecule has 0 aromatic heterocycles. The number of benzene rings is 2. The van der Waals surface area contributed by atoms with Crippen LogP contribution in [0.1, 0.15) is 37.0 Å². The number of hydrogen-bond acceptors (Lipinski definition) is 5. The van der Waals surface area contributed by atoms with E-state index in [0.29, 0.717) is 24.4 Å². The van der Waals surface area contributed by atoms with Gasteiger partial charge < -0.3 is 10.1 Å². The molecule has 2 aromatic carbocycles. The van der Waals surface area contributed by atoms with Crippen LogP contribution in [0.2, 0.25) is 0 Å². The summed E-state index contributed by atoms with van der Waals surface area (Å²) in [5.41, 5.74) is 3.69. The number of hydrogen-bond donors (Lipinski definition) is 2. The monoisotopic (exact) mass is 454 g/mol. The summed E-state index contributed by atoms with van der Waals surface area (Å²) in [7, 11) is 0. The molecule has 1 aliphatic rings. The Hall–Kier alpha value is -3.46. The molecule has 1 fully saturated rings. The van der Waals surface area contributed by atoms with Gasteiger partial charge in [-0.25, -0.2) is 5.01 Å². The zero-order valence-corrected chi connectivity index (χ0v) is 18.9. The van der Waals surface area contributed by atoms with Gasteiger partial charge in [0.25, 0.3) is 11.8 Å². The minimum atomic E-state index is -0.928. The van der Waals surface area contributed by atoms with Crippen molar-refractivity contribution in [2.75, 3.05) is 18.5 Å². The molecule has 32 heavy (non-hydrogen) atoms. The number of ether oxygens (including phenoxy) is 1. The summed E-state index contributed by atoms with van der Waals surface area (Å²) in [5, 5.41) is 4.25. The summed E-state index contributed by atoms with van der Waals surface area (Å²) < 4.78 is 5.54. The Labute approximate surface area is 192 Å². The molecule has 0 aliphatic carbocycles. The van der Waals surface area contributed by atoms with Crippen molar-refractivity contribution in [3.05, 3.63) is 60.2 Å². The first-order valence-electron chi connectivity index (χ1n) is 10.5. The molecule has 1 atom stereocenters. The second kappa shape index (κ2) is 10.7. The maximum Gasteiger partial charge on any atom is 0.269 e.